The predicted octanol–water partition coefficient (Wildman–Crippen LogP) is 2.01. The highest BCUT2D eigenvalue weighted by Gasteiger charge is 2.24. The van der Waals surface area contributed by atoms with Gasteiger partial charge in [-0.15, -0.1) is 0 Å². The van der Waals surface area contributed by atoms with Crippen LogP contribution in [0.5, 0.6) is 0 Å². The number of nitrogens with zero attached hydrogens (tertiary/aromatic N) is 3. The molecule has 96 valence electrons. The highest BCUT2D eigenvalue weighted by atomic mass is 32.2. The Balaban J connectivity index is 1.84. The molecule has 3 N–H and O–H groups in total. The number of nitrogens with two attached hydrogens (primary N) is 1. The van der Waals surface area contributed by atoms with E-state index in [1.54, 1.807) is 12.4 Å². The molecule has 0 amide bonds. The molecule has 1 saturated carbocycles. The van der Waals surface area contributed by atoms with E-state index in [1.165, 1.54) is 19.3 Å². The number of rotatable bonds is 3. The van der Waals surface area contributed by atoms with Crippen LogP contribution >= 0.6 is 11.8 Å². The number of hydrogen-bond donors (Lipinski definition) is 2. The molecular weight excluding hydrogens is 246 g/mol. The summed E-state index contributed by atoms with van der Waals surface area (Å²) in [5.41, 5.74) is 6.65. The van der Waals surface area contributed by atoms with Crippen molar-refractivity contribution in [1.29, 1.82) is 0 Å². The molecule has 6 heteroatoms. The van der Waals surface area contributed by atoms with Gasteiger partial charge in [0.1, 0.15) is 5.82 Å². The van der Waals surface area contributed by atoms with Crippen LogP contribution in [0.4, 0.5) is 11.6 Å². The molecule has 1 aliphatic rings. The van der Waals surface area contributed by atoms with Crippen molar-refractivity contribution in [2.45, 2.75) is 30.6 Å². The minimum absolute atomic E-state index is 0.484. The maximum atomic E-state index is 5.81. The first-order chi connectivity index (χ1) is 8.76. The largest absolute Gasteiger partial charge is 0.382 e. The predicted molar refractivity (Wildman–Crippen MR) is 76.0 cm³/mol. The summed E-state index contributed by atoms with van der Waals surface area (Å²) in [5, 5.41) is 4.25. The van der Waals surface area contributed by atoms with Gasteiger partial charge in [-0.05, 0) is 25.5 Å². The Kier molecular flexibility index (Phi) is 3.03. The van der Waals surface area contributed by atoms with E-state index in [0.29, 0.717) is 11.9 Å². The number of nitrogens with one attached hydrogen (secondary N) is 1. The van der Waals surface area contributed by atoms with E-state index in [0.717, 1.165) is 16.7 Å². The molecule has 1 aliphatic carbocycles. The highest BCUT2D eigenvalue weighted by molar-refractivity contribution is 7.99. The molecule has 2 heterocycles. The van der Waals surface area contributed by atoms with E-state index in [2.05, 4.69) is 21.5 Å². The summed E-state index contributed by atoms with van der Waals surface area (Å²) in [6, 6.07) is 0.484. The lowest BCUT2D eigenvalue weighted by molar-refractivity contribution is 0.752. The maximum absolute atomic E-state index is 5.81. The van der Waals surface area contributed by atoms with Gasteiger partial charge < -0.3 is 15.5 Å². The fourth-order valence-corrected chi connectivity index (χ4v) is 3.32. The molecule has 0 aliphatic heterocycles. The summed E-state index contributed by atoms with van der Waals surface area (Å²) < 4.78 is 1.91. The van der Waals surface area contributed by atoms with Gasteiger partial charge in [-0.3, -0.25) is 0 Å². The molecule has 0 saturated heterocycles. The summed E-state index contributed by atoms with van der Waals surface area (Å²) in [6.45, 7) is 0. The first-order valence-corrected chi connectivity index (χ1v) is 7.43. The number of nitrogen functional groups attached to an aromatic ring is 1. The van der Waals surface area contributed by atoms with Gasteiger partial charge in [0.05, 0.1) is 6.20 Å². The van der Waals surface area contributed by atoms with Crippen molar-refractivity contribution >= 4 is 29.0 Å². The zero-order valence-electron chi connectivity index (χ0n) is 10.3. The topological polar surface area (TPSA) is 68.2 Å². The fraction of sp³-hybridized carbons (Fsp3) is 0.500. The van der Waals surface area contributed by atoms with E-state index in [-0.39, 0.29) is 0 Å². The quantitative estimate of drug-likeness (QED) is 0.886. The van der Waals surface area contributed by atoms with Crippen LogP contribution in [0.1, 0.15) is 19.3 Å². The number of aromatic nitrogens is 3. The molecule has 3 rings (SSSR count). The first-order valence-electron chi connectivity index (χ1n) is 6.15. The van der Waals surface area contributed by atoms with E-state index < -0.39 is 0 Å². The SMILES string of the molecule is CSC1CCC(Nc2nc(N)cn3ccnc23)C1. The third kappa shape index (κ3) is 2.12. The summed E-state index contributed by atoms with van der Waals surface area (Å²) in [6.07, 6.45) is 11.3. The fourth-order valence-electron chi connectivity index (χ4n) is 2.53. The van der Waals surface area contributed by atoms with Gasteiger partial charge in [0.2, 0.25) is 0 Å². The van der Waals surface area contributed by atoms with Crippen LogP contribution in [0.25, 0.3) is 5.65 Å². The van der Waals surface area contributed by atoms with Crippen molar-refractivity contribution in [3.05, 3.63) is 18.6 Å². The summed E-state index contributed by atoms with van der Waals surface area (Å²) in [5.74, 6) is 1.31. The number of fused-ring (bicyclic) bond motifs is 1. The molecule has 0 aromatic carbocycles. The van der Waals surface area contributed by atoms with Crippen LogP contribution in [0.3, 0.4) is 0 Å². The van der Waals surface area contributed by atoms with Crippen LogP contribution in [0, 0.1) is 0 Å². The zero-order valence-corrected chi connectivity index (χ0v) is 11.2. The molecule has 0 bridgehead atoms. The normalized spacial score (nSPS) is 23.6. The number of anilines is 2. The second kappa shape index (κ2) is 4.68. The van der Waals surface area contributed by atoms with Crippen molar-refractivity contribution in [2.24, 2.45) is 0 Å². The molecule has 1 fully saturated rings. The van der Waals surface area contributed by atoms with Gasteiger partial charge in [0.15, 0.2) is 11.5 Å². The minimum atomic E-state index is 0.484. The van der Waals surface area contributed by atoms with Gasteiger partial charge in [-0.25, -0.2) is 9.97 Å². The molecule has 0 spiro atoms. The molecule has 5 nitrogen and oxygen atoms in total. The van der Waals surface area contributed by atoms with Crippen LogP contribution in [-0.4, -0.2) is 31.9 Å². The summed E-state index contributed by atoms with van der Waals surface area (Å²) in [7, 11) is 0. The van der Waals surface area contributed by atoms with Crippen LogP contribution in [-0.2, 0) is 0 Å². The van der Waals surface area contributed by atoms with Gasteiger partial charge in [-0.1, -0.05) is 0 Å². The van der Waals surface area contributed by atoms with Crippen molar-refractivity contribution in [3.63, 3.8) is 0 Å². The van der Waals surface area contributed by atoms with Crippen LogP contribution in [0.2, 0.25) is 0 Å². The standard InChI is InChI=1S/C12H17N5S/c1-18-9-3-2-8(6-9)15-11-12-14-4-5-17(12)7-10(13)16-11/h4-5,7-9H,2-3,6,13H2,1H3,(H,15,16). The van der Waals surface area contributed by atoms with Gasteiger partial charge in [0.25, 0.3) is 0 Å². The lowest BCUT2D eigenvalue weighted by Gasteiger charge is -2.14. The average molecular weight is 263 g/mol. The highest BCUT2D eigenvalue weighted by Crippen LogP contribution is 2.30. The molecule has 2 atom stereocenters. The zero-order chi connectivity index (χ0) is 12.5. The molecule has 2 aromatic heterocycles. The third-order valence-electron chi connectivity index (χ3n) is 3.45. The third-order valence-corrected chi connectivity index (χ3v) is 4.55. The Morgan fingerprint density at radius 1 is 1.50 bits per heavy atom. The first kappa shape index (κ1) is 11.6. The molecule has 2 aromatic rings. The van der Waals surface area contributed by atoms with Gasteiger partial charge >= 0.3 is 0 Å². The maximum Gasteiger partial charge on any atom is 0.180 e. The molecular formula is C12H17N5S. The number of hydrogen-bond acceptors (Lipinski definition) is 5. The number of imidazole rings is 1. The Hall–Kier alpha value is -1.43. The van der Waals surface area contributed by atoms with Crippen LogP contribution in [0.15, 0.2) is 18.6 Å². The van der Waals surface area contributed by atoms with Crippen molar-refractivity contribution in [1.82, 2.24) is 14.4 Å². The Labute approximate surface area is 110 Å². The van der Waals surface area contributed by atoms with Crippen molar-refractivity contribution < 1.29 is 0 Å². The molecule has 18 heavy (non-hydrogen) atoms. The second-order valence-electron chi connectivity index (χ2n) is 4.68. The van der Waals surface area contributed by atoms with Gasteiger partial charge in [-0.2, -0.15) is 11.8 Å². The lowest BCUT2D eigenvalue weighted by Crippen LogP contribution is -2.18. The average Bonchev–Trinajstić information content (AvgIpc) is 2.97. The Bertz CT molecular complexity index is 552. The summed E-state index contributed by atoms with van der Waals surface area (Å²) >= 11 is 1.95. The van der Waals surface area contributed by atoms with Gasteiger partial charge in [0, 0.05) is 23.7 Å². The van der Waals surface area contributed by atoms with Crippen molar-refractivity contribution in [3.8, 4) is 0 Å². The van der Waals surface area contributed by atoms with E-state index >= 15 is 0 Å². The van der Waals surface area contributed by atoms with E-state index in [4.69, 9.17) is 5.73 Å². The second-order valence-corrected chi connectivity index (χ2v) is 5.82. The number of thioether (sulfide) groups is 1. The smallest absolute Gasteiger partial charge is 0.180 e. The summed E-state index contributed by atoms with van der Waals surface area (Å²) in [4.78, 5) is 8.68. The van der Waals surface area contributed by atoms with E-state index in [1.807, 2.05) is 22.4 Å². The Morgan fingerprint density at radius 2 is 2.39 bits per heavy atom. The Morgan fingerprint density at radius 3 is 3.17 bits per heavy atom. The van der Waals surface area contributed by atoms with Crippen molar-refractivity contribution in [2.75, 3.05) is 17.3 Å². The molecule has 0 radical (unpaired) electrons. The van der Waals surface area contributed by atoms with Crippen LogP contribution < -0.4 is 11.1 Å². The monoisotopic (exact) mass is 263 g/mol. The minimum Gasteiger partial charge on any atom is -0.382 e. The van der Waals surface area contributed by atoms with E-state index in [9.17, 15) is 0 Å². The lowest BCUT2D eigenvalue weighted by atomic mass is 10.2. The molecule has 2 unspecified atom stereocenters.